The number of thiazole rings is 1. The van der Waals surface area contributed by atoms with Crippen LogP contribution < -0.4 is 5.73 Å². The highest BCUT2D eigenvalue weighted by atomic mass is 32.1. The number of benzene rings is 1. The van der Waals surface area contributed by atoms with Gasteiger partial charge in [0.25, 0.3) is 0 Å². The van der Waals surface area contributed by atoms with Gasteiger partial charge in [-0.3, -0.25) is 0 Å². The Kier molecular flexibility index (Phi) is 4.13. The first-order valence-corrected chi connectivity index (χ1v) is 8.78. The highest BCUT2D eigenvalue weighted by Crippen LogP contribution is 2.28. The van der Waals surface area contributed by atoms with Gasteiger partial charge in [-0.25, -0.2) is 15.0 Å². The van der Waals surface area contributed by atoms with Crippen molar-refractivity contribution >= 4 is 26.7 Å². The minimum atomic E-state index is -0.358. The third kappa shape index (κ3) is 3.10. The first-order valence-electron chi connectivity index (χ1n) is 7.96. The average Bonchev–Trinajstić information content (AvgIpc) is 3.17. The molecule has 3 aromatic rings. The van der Waals surface area contributed by atoms with Gasteiger partial charge in [0, 0.05) is 18.0 Å². The molecule has 6 nitrogen and oxygen atoms in total. The van der Waals surface area contributed by atoms with E-state index in [1.54, 1.807) is 12.4 Å². The number of nitrogens with two attached hydrogens (primary N) is 1. The molecule has 0 bridgehead atoms. The van der Waals surface area contributed by atoms with E-state index < -0.39 is 0 Å². The summed E-state index contributed by atoms with van der Waals surface area (Å²) in [6, 6.07) is 5.99. The largest absolute Gasteiger partial charge is 0.390 e. The first kappa shape index (κ1) is 15.4. The molecule has 24 heavy (non-hydrogen) atoms. The number of aromatic nitrogens is 3. The van der Waals surface area contributed by atoms with E-state index in [0.717, 1.165) is 40.6 Å². The lowest BCUT2D eigenvalue weighted by Gasteiger charge is -2.14. The molecular weight excluding hydrogens is 324 g/mol. The van der Waals surface area contributed by atoms with Crippen LogP contribution >= 0.6 is 11.3 Å². The SMILES string of the molecule is Nc1nc2ccc(-c3cnc(CO[C@H]4CCC[C@@H]4O)nc3)cc2s1. The standard InChI is InChI=1S/C17H18N4O2S/c18-17-21-12-5-4-10(6-15(12)24-17)11-7-19-16(20-8-11)9-23-14-3-1-2-13(14)22/h4-8,13-14,22H,1-3,9H2,(H2,18,21)/t13-,14-/m0/s1. The highest BCUT2D eigenvalue weighted by Gasteiger charge is 2.25. The quantitative estimate of drug-likeness (QED) is 0.757. The summed E-state index contributed by atoms with van der Waals surface area (Å²) in [5.74, 6) is 0.626. The Hall–Kier alpha value is -2.09. The van der Waals surface area contributed by atoms with Crippen LogP contribution in [-0.2, 0) is 11.3 Å². The Morgan fingerprint density at radius 2 is 2.04 bits per heavy atom. The molecule has 2 aromatic heterocycles. The van der Waals surface area contributed by atoms with Crippen molar-refractivity contribution < 1.29 is 9.84 Å². The van der Waals surface area contributed by atoms with Gasteiger partial charge in [0.05, 0.1) is 22.4 Å². The zero-order chi connectivity index (χ0) is 16.5. The van der Waals surface area contributed by atoms with Gasteiger partial charge in [0.1, 0.15) is 6.61 Å². The third-order valence-electron chi connectivity index (χ3n) is 4.29. The summed E-state index contributed by atoms with van der Waals surface area (Å²) in [5, 5.41) is 10.3. The fourth-order valence-corrected chi connectivity index (χ4v) is 3.76. The second-order valence-electron chi connectivity index (χ2n) is 5.97. The molecule has 1 fully saturated rings. The van der Waals surface area contributed by atoms with Crippen molar-refractivity contribution in [1.29, 1.82) is 0 Å². The Labute approximate surface area is 143 Å². The molecule has 124 valence electrons. The molecule has 0 amide bonds. The lowest BCUT2D eigenvalue weighted by molar-refractivity contribution is -0.0295. The van der Waals surface area contributed by atoms with E-state index in [2.05, 4.69) is 15.0 Å². The van der Waals surface area contributed by atoms with Gasteiger partial charge >= 0.3 is 0 Å². The minimum absolute atomic E-state index is 0.0903. The topological polar surface area (TPSA) is 94.2 Å². The van der Waals surface area contributed by atoms with Crippen molar-refractivity contribution in [2.75, 3.05) is 5.73 Å². The van der Waals surface area contributed by atoms with Crippen LogP contribution in [0.15, 0.2) is 30.6 Å². The van der Waals surface area contributed by atoms with Crippen molar-refractivity contribution in [2.45, 2.75) is 38.1 Å². The fraction of sp³-hybridized carbons (Fsp3) is 0.353. The van der Waals surface area contributed by atoms with Crippen molar-refractivity contribution in [2.24, 2.45) is 0 Å². The molecule has 0 unspecified atom stereocenters. The Bertz CT molecular complexity index is 849. The maximum atomic E-state index is 9.77. The van der Waals surface area contributed by atoms with E-state index in [1.807, 2.05) is 18.2 Å². The van der Waals surface area contributed by atoms with Gasteiger partial charge in [-0.15, -0.1) is 0 Å². The maximum absolute atomic E-state index is 9.77. The molecule has 7 heteroatoms. The number of rotatable bonds is 4. The monoisotopic (exact) mass is 342 g/mol. The molecule has 1 aliphatic rings. The summed E-state index contributed by atoms with van der Waals surface area (Å²) >= 11 is 1.47. The van der Waals surface area contributed by atoms with Crippen molar-refractivity contribution in [1.82, 2.24) is 15.0 Å². The maximum Gasteiger partial charge on any atom is 0.181 e. The van der Waals surface area contributed by atoms with Crippen LogP contribution in [0.3, 0.4) is 0 Å². The molecule has 2 heterocycles. The van der Waals surface area contributed by atoms with Crippen LogP contribution in [0.5, 0.6) is 0 Å². The zero-order valence-corrected chi connectivity index (χ0v) is 13.9. The van der Waals surface area contributed by atoms with E-state index >= 15 is 0 Å². The van der Waals surface area contributed by atoms with E-state index in [4.69, 9.17) is 10.5 Å². The molecule has 3 N–H and O–H groups in total. The van der Waals surface area contributed by atoms with Crippen LogP contribution in [0.1, 0.15) is 25.1 Å². The van der Waals surface area contributed by atoms with Gasteiger partial charge in [-0.2, -0.15) is 0 Å². The average molecular weight is 342 g/mol. The van der Waals surface area contributed by atoms with Crippen LogP contribution in [0, 0.1) is 0 Å². The minimum Gasteiger partial charge on any atom is -0.390 e. The highest BCUT2D eigenvalue weighted by molar-refractivity contribution is 7.22. The number of aliphatic hydroxyl groups excluding tert-OH is 1. The normalized spacial score (nSPS) is 20.7. The smallest absolute Gasteiger partial charge is 0.181 e. The summed E-state index contributed by atoms with van der Waals surface area (Å²) in [6.45, 7) is 0.326. The molecule has 1 aliphatic carbocycles. The predicted octanol–water partition coefficient (Wildman–Crippen LogP) is 2.77. The second kappa shape index (κ2) is 6.43. The summed E-state index contributed by atoms with van der Waals surface area (Å²) in [6.07, 6.45) is 5.86. The number of aliphatic hydroxyl groups is 1. The molecule has 0 aliphatic heterocycles. The van der Waals surface area contributed by atoms with Crippen molar-refractivity contribution in [3.8, 4) is 11.1 Å². The number of nitrogens with zero attached hydrogens (tertiary/aromatic N) is 3. The third-order valence-corrected chi connectivity index (χ3v) is 5.14. The van der Waals surface area contributed by atoms with Crippen LogP contribution in [0.2, 0.25) is 0 Å². The predicted molar refractivity (Wildman–Crippen MR) is 93.5 cm³/mol. The fourth-order valence-electron chi connectivity index (χ4n) is 2.98. The van der Waals surface area contributed by atoms with E-state index in [1.165, 1.54) is 11.3 Å². The summed E-state index contributed by atoms with van der Waals surface area (Å²) < 4.78 is 6.76. The van der Waals surface area contributed by atoms with Crippen molar-refractivity contribution in [3.05, 3.63) is 36.4 Å². The van der Waals surface area contributed by atoms with E-state index in [0.29, 0.717) is 17.6 Å². The molecule has 1 aromatic carbocycles. The lowest BCUT2D eigenvalue weighted by Crippen LogP contribution is -2.22. The number of hydrogen-bond acceptors (Lipinski definition) is 7. The molecule has 0 saturated heterocycles. The Balaban J connectivity index is 1.47. The van der Waals surface area contributed by atoms with Gasteiger partial charge < -0.3 is 15.6 Å². The number of fused-ring (bicyclic) bond motifs is 1. The Morgan fingerprint density at radius 3 is 2.79 bits per heavy atom. The molecule has 1 saturated carbocycles. The van der Waals surface area contributed by atoms with E-state index in [-0.39, 0.29) is 12.2 Å². The zero-order valence-electron chi connectivity index (χ0n) is 13.1. The molecule has 2 atom stereocenters. The van der Waals surface area contributed by atoms with Crippen LogP contribution in [0.25, 0.3) is 21.3 Å². The lowest BCUT2D eigenvalue weighted by atomic mass is 10.1. The van der Waals surface area contributed by atoms with Crippen LogP contribution in [-0.4, -0.2) is 32.3 Å². The molecule has 4 rings (SSSR count). The van der Waals surface area contributed by atoms with Crippen molar-refractivity contribution in [3.63, 3.8) is 0 Å². The summed E-state index contributed by atoms with van der Waals surface area (Å²) in [7, 11) is 0. The number of nitrogen functional groups attached to an aromatic ring is 1. The number of anilines is 1. The second-order valence-corrected chi connectivity index (χ2v) is 7.03. The number of hydrogen-bond donors (Lipinski definition) is 2. The summed E-state index contributed by atoms with van der Waals surface area (Å²) in [4.78, 5) is 13.0. The molecule has 0 spiro atoms. The van der Waals surface area contributed by atoms with E-state index in [9.17, 15) is 5.11 Å². The Morgan fingerprint density at radius 1 is 1.21 bits per heavy atom. The van der Waals surface area contributed by atoms with Gasteiger partial charge in [-0.1, -0.05) is 17.4 Å². The molecular formula is C17H18N4O2S. The van der Waals surface area contributed by atoms with Crippen LogP contribution in [0.4, 0.5) is 5.13 Å². The van der Waals surface area contributed by atoms with Gasteiger partial charge in [0.15, 0.2) is 11.0 Å². The summed E-state index contributed by atoms with van der Waals surface area (Å²) in [5.41, 5.74) is 8.62. The van der Waals surface area contributed by atoms with Gasteiger partial charge in [0.2, 0.25) is 0 Å². The number of ether oxygens (including phenoxy) is 1. The first-order chi connectivity index (χ1) is 11.7. The van der Waals surface area contributed by atoms with Gasteiger partial charge in [-0.05, 0) is 37.0 Å². The molecule has 0 radical (unpaired) electrons.